The van der Waals surface area contributed by atoms with Crippen LogP contribution in [-0.2, 0) is 6.61 Å². The summed E-state index contributed by atoms with van der Waals surface area (Å²) in [5.74, 6) is 1.43. The Morgan fingerprint density at radius 3 is 2.60 bits per heavy atom. The molecule has 0 aliphatic carbocycles. The lowest BCUT2D eigenvalue weighted by atomic mass is 10.0. The van der Waals surface area contributed by atoms with Gasteiger partial charge in [-0.25, -0.2) is 4.98 Å². The fourth-order valence-corrected chi connectivity index (χ4v) is 1.51. The summed E-state index contributed by atoms with van der Waals surface area (Å²) in [5.41, 5.74) is 0.882. The van der Waals surface area contributed by atoms with Gasteiger partial charge in [-0.1, -0.05) is 19.9 Å². The molecule has 0 saturated carbocycles. The van der Waals surface area contributed by atoms with E-state index in [1.165, 1.54) is 0 Å². The number of rotatable bonds is 4. The van der Waals surface area contributed by atoms with Crippen molar-refractivity contribution < 1.29 is 5.11 Å². The van der Waals surface area contributed by atoms with Crippen molar-refractivity contribution in [3.05, 3.63) is 23.9 Å². The van der Waals surface area contributed by atoms with Gasteiger partial charge in [0.15, 0.2) is 0 Å². The van der Waals surface area contributed by atoms with Gasteiger partial charge in [0.2, 0.25) is 0 Å². The standard InChI is InChI=1S/C12H20N2O/c1-9(2)10(3)14(4)12-11(8-15)6-5-7-13-12/h5-7,9-10,15H,8H2,1-4H3. The minimum atomic E-state index is 0.0400. The van der Waals surface area contributed by atoms with Crippen molar-refractivity contribution in [2.45, 2.75) is 33.4 Å². The van der Waals surface area contributed by atoms with Gasteiger partial charge < -0.3 is 10.0 Å². The highest BCUT2D eigenvalue weighted by Crippen LogP contribution is 2.20. The van der Waals surface area contributed by atoms with Crippen molar-refractivity contribution in [1.29, 1.82) is 0 Å². The minimum absolute atomic E-state index is 0.0400. The first kappa shape index (κ1) is 12.0. The van der Waals surface area contributed by atoms with Crippen LogP contribution in [0.3, 0.4) is 0 Å². The zero-order chi connectivity index (χ0) is 11.4. The van der Waals surface area contributed by atoms with E-state index in [9.17, 15) is 5.11 Å². The summed E-state index contributed by atoms with van der Waals surface area (Å²) in [6.07, 6.45) is 1.76. The molecule has 0 spiro atoms. The van der Waals surface area contributed by atoms with Crippen LogP contribution in [0.15, 0.2) is 18.3 Å². The lowest BCUT2D eigenvalue weighted by Crippen LogP contribution is -2.34. The molecule has 0 radical (unpaired) electrons. The van der Waals surface area contributed by atoms with Crippen molar-refractivity contribution in [3.8, 4) is 0 Å². The summed E-state index contributed by atoms with van der Waals surface area (Å²) >= 11 is 0. The number of nitrogens with zero attached hydrogens (tertiary/aromatic N) is 2. The van der Waals surface area contributed by atoms with Gasteiger partial charge in [0.05, 0.1) is 6.61 Å². The van der Waals surface area contributed by atoms with Crippen LogP contribution in [0.25, 0.3) is 0 Å². The molecule has 84 valence electrons. The molecule has 1 heterocycles. The number of aliphatic hydroxyl groups excluding tert-OH is 1. The van der Waals surface area contributed by atoms with Gasteiger partial charge in [-0.2, -0.15) is 0 Å². The monoisotopic (exact) mass is 208 g/mol. The molecule has 0 aliphatic heterocycles. The number of aliphatic hydroxyl groups is 1. The van der Waals surface area contributed by atoms with E-state index in [2.05, 4.69) is 30.7 Å². The zero-order valence-corrected chi connectivity index (χ0v) is 9.94. The molecule has 1 atom stereocenters. The van der Waals surface area contributed by atoms with Crippen LogP contribution < -0.4 is 4.90 Å². The molecule has 1 aromatic rings. The maximum absolute atomic E-state index is 9.22. The second-order valence-electron chi connectivity index (χ2n) is 4.24. The minimum Gasteiger partial charge on any atom is -0.392 e. The summed E-state index contributed by atoms with van der Waals surface area (Å²) in [6.45, 7) is 6.57. The molecule has 0 saturated heterocycles. The quantitative estimate of drug-likeness (QED) is 0.822. The summed E-state index contributed by atoms with van der Waals surface area (Å²) in [7, 11) is 2.02. The third kappa shape index (κ3) is 2.69. The van der Waals surface area contributed by atoms with Gasteiger partial charge in [-0.05, 0) is 18.9 Å². The Morgan fingerprint density at radius 1 is 1.40 bits per heavy atom. The molecule has 15 heavy (non-hydrogen) atoms. The van der Waals surface area contributed by atoms with Gasteiger partial charge in [0.25, 0.3) is 0 Å². The fourth-order valence-electron chi connectivity index (χ4n) is 1.51. The molecule has 3 nitrogen and oxygen atoms in total. The Balaban J connectivity index is 2.94. The number of anilines is 1. The first-order valence-electron chi connectivity index (χ1n) is 5.35. The Morgan fingerprint density at radius 2 is 2.07 bits per heavy atom. The van der Waals surface area contributed by atoms with Crippen LogP contribution in [-0.4, -0.2) is 23.2 Å². The highest BCUT2D eigenvalue weighted by atomic mass is 16.3. The molecule has 0 aromatic carbocycles. The average Bonchev–Trinajstić information content (AvgIpc) is 2.26. The van der Waals surface area contributed by atoms with Gasteiger partial charge in [-0.3, -0.25) is 0 Å². The molecule has 0 bridgehead atoms. The SMILES string of the molecule is CC(C)C(C)N(C)c1ncccc1CO. The molecule has 0 fully saturated rings. The number of aromatic nitrogens is 1. The summed E-state index contributed by atoms with van der Waals surface area (Å²) < 4.78 is 0. The average molecular weight is 208 g/mol. The maximum Gasteiger partial charge on any atom is 0.134 e. The molecule has 0 aliphatic rings. The topological polar surface area (TPSA) is 36.4 Å². The van der Waals surface area contributed by atoms with Crippen LogP contribution in [0.5, 0.6) is 0 Å². The van der Waals surface area contributed by atoms with Crippen LogP contribution in [0.1, 0.15) is 26.3 Å². The van der Waals surface area contributed by atoms with Gasteiger partial charge in [0, 0.05) is 24.8 Å². The lowest BCUT2D eigenvalue weighted by molar-refractivity contribution is 0.281. The first-order valence-corrected chi connectivity index (χ1v) is 5.35. The van der Waals surface area contributed by atoms with Crippen LogP contribution in [0.2, 0.25) is 0 Å². The molecule has 0 amide bonds. The van der Waals surface area contributed by atoms with E-state index in [-0.39, 0.29) is 6.61 Å². The number of pyridine rings is 1. The van der Waals surface area contributed by atoms with Gasteiger partial charge >= 0.3 is 0 Å². The molecular formula is C12H20N2O. The van der Waals surface area contributed by atoms with E-state index >= 15 is 0 Å². The molecule has 1 N–H and O–H groups in total. The second kappa shape index (κ2) is 5.12. The second-order valence-corrected chi connectivity index (χ2v) is 4.24. The van der Waals surface area contributed by atoms with Crippen molar-refractivity contribution in [3.63, 3.8) is 0 Å². The van der Waals surface area contributed by atoms with E-state index in [0.29, 0.717) is 12.0 Å². The smallest absolute Gasteiger partial charge is 0.134 e. The van der Waals surface area contributed by atoms with Crippen molar-refractivity contribution in [1.82, 2.24) is 4.98 Å². The predicted octanol–water partition coefficient (Wildman–Crippen LogP) is 2.05. The first-order chi connectivity index (χ1) is 7.07. The molecular weight excluding hydrogens is 188 g/mol. The fraction of sp³-hybridized carbons (Fsp3) is 0.583. The summed E-state index contributed by atoms with van der Waals surface area (Å²) in [6, 6.07) is 4.17. The van der Waals surface area contributed by atoms with Crippen LogP contribution >= 0.6 is 0 Å². The third-order valence-corrected chi connectivity index (χ3v) is 2.95. The Kier molecular flexibility index (Phi) is 4.09. The molecule has 1 unspecified atom stereocenters. The van der Waals surface area contributed by atoms with Crippen molar-refractivity contribution >= 4 is 5.82 Å². The predicted molar refractivity (Wildman–Crippen MR) is 62.9 cm³/mol. The molecule has 3 heteroatoms. The number of hydrogen-bond acceptors (Lipinski definition) is 3. The van der Waals surface area contributed by atoms with Crippen molar-refractivity contribution in [2.75, 3.05) is 11.9 Å². The lowest BCUT2D eigenvalue weighted by Gasteiger charge is -2.30. The molecule has 1 aromatic heterocycles. The van der Waals surface area contributed by atoms with E-state index in [1.807, 2.05) is 19.2 Å². The summed E-state index contributed by atoms with van der Waals surface area (Å²) in [4.78, 5) is 6.44. The normalized spacial score (nSPS) is 12.9. The van der Waals surface area contributed by atoms with Crippen LogP contribution in [0, 0.1) is 5.92 Å². The highest BCUT2D eigenvalue weighted by Gasteiger charge is 2.16. The van der Waals surface area contributed by atoms with E-state index < -0.39 is 0 Å². The molecule has 1 rings (SSSR count). The highest BCUT2D eigenvalue weighted by molar-refractivity contribution is 5.46. The largest absolute Gasteiger partial charge is 0.392 e. The van der Waals surface area contributed by atoms with E-state index in [1.54, 1.807) is 6.20 Å². The Bertz CT molecular complexity index is 312. The van der Waals surface area contributed by atoms with Crippen LogP contribution in [0.4, 0.5) is 5.82 Å². The summed E-state index contributed by atoms with van der Waals surface area (Å²) in [5, 5.41) is 9.22. The van der Waals surface area contributed by atoms with Crippen molar-refractivity contribution in [2.24, 2.45) is 5.92 Å². The van der Waals surface area contributed by atoms with E-state index in [0.717, 1.165) is 11.4 Å². The Hall–Kier alpha value is -1.09. The maximum atomic E-state index is 9.22. The van der Waals surface area contributed by atoms with E-state index in [4.69, 9.17) is 0 Å². The Labute approximate surface area is 91.8 Å². The van der Waals surface area contributed by atoms with Gasteiger partial charge in [0.1, 0.15) is 5.82 Å². The third-order valence-electron chi connectivity index (χ3n) is 2.95. The van der Waals surface area contributed by atoms with Gasteiger partial charge in [-0.15, -0.1) is 0 Å². The zero-order valence-electron chi connectivity index (χ0n) is 9.94. The number of hydrogen-bond donors (Lipinski definition) is 1.